The van der Waals surface area contributed by atoms with Crippen molar-refractivity contribution in [3.8, 4) is 12.3 Å². The maximum atomic E-state index is 12.4. The number of carbonyl (C=O) groups excluding carboxylic acids is 2. The molecule has 1 heterocycles. The summed E-state index contributed by atoms with van der Waals surface area (Å²) in [5, 5.41) is 3.48. The van der Waals surface area contributed by atoms with Crippen molar-refractivity contribution >= 4 is 35.1 Å². The minimum Gasteiger partial charge on any atom is -0.446 e. The van der Waals surface area contributed by atoms with Crippen LogP contribution in [0.1, 0.15) is 29.3 Å². The number of nitrogens with zero attached hydrogens (tertiary/aromatic N) is 2. The second-order valence-corrected chi connectivity index (χ2v) is 7.87. The van der Waals surface area contributed by atoms with E-state index in [0.29, 0.717) is 48.5 Å². The summed E-state index contributed by atoms with van der Waals surface area (Å²) in [5.74, 6) is 2.39. The van der Waals surface area contributed by atoms with Crippen molar-refractivity contribution in [3.05, 3.63) is 65.2 Å². The molecule has 0 saturated carbocycles. The van der Waals surface area contributed by atoms with Crippen molar-refractivity contribution in [2.24, 2.45) is 4.99 Å². The fraction of sp³-hybridized carbons (Fsp3) is 0.292. The molecule has 0 radical (unpaired) electrons. The molecule has 0 saturated heterocycles. The highest BCUT2D eigenvalue weighted by atomic mass is 32.1. The van der Waals surface area contributed by atoms with E-state index in [1.165, 1.54) is 23.6 Å². The van der Waals surface area contributed by atoms with Crippen LogP contribution in [0.2, 0.25) is 0 Å². The van der Waals surface area contributed by atoms with E-state index in [4.69, 9.17) is 11.2 Å². The minimum absolute atomic E-state index is 0.224. The first-order chi connectivity index (χ1) is 15.0. The molecule has 0 fully saturated rings. The second-order valence-electron chi connectivity index (χ2n) is 6.77. The Bertz CT molecular complexity index is 965. The molecule has 1 aromatic rings. The number of nitrogens with one attached hydrogen (secondary N) is 1. The van der Waals surface area contributed by atoms with Crippen LogP contribution in [-0.2, 0) is 22.4 Å². The average molecular weight is 438 g/mol. The molecule has 1 aromatic heterocycles. The maximum absolute atomic E-state index is 12.4. The molecule has 2 rings (SSSR count). The number of aliphatic imine (C=N–C) groups is 1. The average Bonchev–Trinajstić information content (AvgIpc) is 3.10. The monoisotopic (exact) mass is 437 g/mol. The fourth-order valence-electron chi connectivity index (χ4n) is 3.20. The molecule has 0 spiro atoms. The smallest absolute Gasteiger partial charge is 0.410 e. The van der Waals surface area contributed by atoms with E-state index in [9.17, 15) is 9.59 Å². The molecule has 7 heteroatoms. The SMILES string of the molecule is C#Cc1c(NC(=O)/C=C/C(C=C)=C/N=C)sc2c1CCC(OC(=O)N(CC)CC=C)C2. The summed E-state index contributed by atoms with van der Waals surface area (Å²) in [6.45, 7) is 13.6. The van der Waals surface area contributed by atoms with Crippen molar-refractivity contribution in [2.45, 2.75) is 32.3 Å². The number of amides is 2. The summed E-state index contributed by atoms with van der Waals surface area (Å²) in [6, 6.07) is 0. The van der Waals surface area contributed by atoms with Crippen LogP contribution < -0.4 is 5.32 Å². The Morgan fingerprint density at radius 1 is 1.42 bits per heavy atom. The van der Waals surface area contributed by atoms with Gasteiger partial charge in [0.25, 0.3) is 0 Å². The van der Waals surface area contributed by atoms with Crippen molar-refractivity contribution < 1.29 is 14.3 Å². The van der Waals surface area contributed by atoms with Gasteiger partial charge in [-0.3, -0.25) is 9.79 Å². The van der Waals surface area contributed by atoms with Crippen LogP contribution in [0.3, 0.4) is 0 Å². The summed E-state index contributed by atoms with van der Waals surface area (Å²) in [6.07, 6.45) is 14.9. The molecule has 1 atom stereocenters. The number of terminal acetylenes is 1. The van der Waals surface area contributed by atoms with E-state index in [2.05, 4.69) is 36.1 Å². The van der Waals surface area contributed by atoms with Gasteiger partial charge in [-0.2, -0.15) is 0 Å². The van der Waals surface area contributed by atoms with Gasteiger partial charge in [0.1, 0.15) is 11.1 Å². The predicted octanol–water partition coefficient (Wildman–Crippen LogP) is 4.50. The highest BCUT2D eigenvalue weighted by molar-refractivity contribution is 7.16. The lowest BCUT2D eigenvalue weighted by Crippen LogP contribution is -2.36. The topological polar surface area (TPSA) is 71.0 Å². The molecule has 1 aliphatic rings. The second kappa shape index (κ2) is 11.7. The number of hydrogen-bond donors (Lipinski definition) is 1. The van der Waals surface area contributed by atoms with Crippen LogP contribution in [-0.4, -0.2) is 42.8 Å². The van der Waals surface area contributed by atoms with Gasteiger partial charge in [0.2, 0.25) is 5.91 Å². The maximum Gasteiger partial charge on any atom is 0.410 e. The number of thiophene rings is 1. The Hall–Kier alpha value is -3.37. The van der Waals surface area contributed by atoms with E-state index < -0.39 is 0 Å². The Morgan fingerprint density at radius 2 is 2.19 bits per heavy atom. The molecule has 2 amide bonds. The predicted molar refractivity (Wildman–Crippen MR) is 128 cm³/mol. The van der Waals surface area contributed by atoms with E-state index in [-0.39, 0.29) is 18.1 Å². The number of anilines is 1. The lowest BCUT2D eigenvalue weighted by Gasteiger charge is -2.26. The third kappa shape index (κ3) is 6.30. The number of ether oxygens (including phenoxy) is 1. The third-order valence-corrected chi connectivity index (χ3v) is 5.93. The molecule has 1 unspecified atom stereocenters. The van der Waals surface area contributed by atoms with E-state index in [1.54, 1.807) is 23.1 Å². The van der Waals surface area contributed by atoms with Gasteiger partial charge in [-0.1, -0.05) is 24.7 Å². The zero-order chi connectivity index (χ0) is 22.8. The number of rotatable bonds is 9. The number of hydrogen-bond acceptors (Lipinski definition) is 5. The van der Waals surface area contributed by atoms with Crippen molar-refractivity contribution in [1.82, 2.24) is 4.90 Å². The summed E-state index contributed by atoms with van der Waals surface area (Å²) < 4.78 is 5.68. The minimum atomic E-state index is -0.344. The van der Waals surface area contributed by atoms with Crippen LogP contribution in [0.5, 0.6) is 0 Å². The summed E-state index contributed by atoms with van der Waals surface area (Å²) >= 11 is 1.43. The number of likely N-dealkylation sites (N-methyl/N-ethyl adjacent to an activating group) is 1. The Kier molecular flexibility index (Phi) is 9.04. The Balaban J connectivity index is 2.11. The standard InChI is InChI=1S/C24H27N3O3S/c1-6-14-27(9-4)24(29)30-18-11-12-20-19(8-3)23(31-21(20)15-18)26-22(28)13-10-17(7-2)16-25-5/h3,6-7,10,13,16,18H,1-2,5,9,11-12,14-15H2,4H3,(H,26,28)/b13-10+,17-16+. The van der Waals surface area contributed by atoms with Crippen molar-refractivity contribution in [2.75, 3.05) is 18.4 Å². The first-order valence-corrected chi connectivity index (χ1v) is 10.7. The number of allylic oxidation sites excluding steroid dienone is 3. The molecule has 1 N–H and O–H groups in total. The molecular formula is C24H27N3O3S. The lowest BCUT2D eigenvalue weighted by molar-refractivity contribution is -0.111. The van der Waals surface area contributed by atoms with Crippen LogP contribution in [0.4, 0.5) is 9.80 Å². The highest BCUT2D eigenvalue weighted by Crippen LogP contribution is 2.38. The van der Waals surface area contributed by atoms with E-state index in [1.807, 2.05) is 6.92 Å². The van der Waals surface area contributed by atoms with Gasteiger partial charge in [-0.15, -0.1) is 24.3 Å². The van der Waals surface area contributed by atoms with Gasteiger partial charge in [-0.05, 0) is 43.7 Å². The first kappa shape index (κ1) is 23.9. The normalized spacial score (nSPS) is 15.5. The summed E-state index contributed by atoms with van der Waals surface area (Å²) in [7, 11) is 0. The van der Waals surface area contributed by atoms with E-state index in [0.717, 1.165) is 10.4 Å². The van der Waals surface area contributed by atoms with Crippen LogP contribution in [0.25, 0.3) is 0 Å². The van der Waals surface area contributed by atoms with Crippen LogP contribution >= 0.6 is 11.3 Å². The van der Waals surface area contributed by atoms with Gasteiger partial charge in [-0.25, -0.2) is 4.79 Å². The van der Waals surface area contributed by atoms with Crippen molar-refractivity contribution in [1.29, 1.82) is 0 Å². The Labute approximate surface area is 187 Å². The molecule has 0 aromatic carbocycles. The molecule has 0 bridgehead atoms. The largest absolute Gasteiger partial charge is 0.446 e. The Morgan fingerprint density at radius 3 is 2.81 bits per heavy atom. The zero-order valence-electron chi connectivity index (χ0n) is 17.7. The van der Waals surface area contributed by atoms with Gasteiger partial charge >= 0.3 is 6.09 Å². The first-order valence-electron chi connectivity index (χ1n) is 9.92. The number of carbonyl (C=O) groups is 2. The highest BCUT2D eigenvalue weighted by Gasteiger charge is 2.28. The summed E-state index contributed by atoms with van der Waals surface area (Å²) in [5.41, 5.74) is 2.40. The van der Waals surface area contributed by atoms with E-state index >= 15 is 0 Å². The third-order valence-electron chi connectivity index (χ3n) is 4.76. The molecule has 6 nitrogen and oxygen atoms in total. The van der Waals surface area contributed by atoms with Gasteiger partial charge in [0.15, 0.2) is 0 Å². The quantitative estimate of drug-likeness (QED) is 0.203. The molecule has 1 aliphatic carbocycles. The van der Waals surface area contributed by atoms with Crippen LogP contribution in [0.15, 0.2) is 54.2 Å². The van der Waals surface area contributed by atoms with Gasteiger partial charge in [0, 0.05) is 36.7 Å². The molecule has 0 aliphatic heterocycles. The van der Waals surface area contributed by atoms with Gasteiger partial charge in [0.05, 0.1) is 5.56 Å². The molecular weight excluding hydrogens is 410 g/mol. The zero-order valence-corrected chi connectivity index (χ0v) is 18.5. The van der Waals surface area contributed by atoms with Crippen LogP contribution in [0, 0.1) is 12.3 Å². The fourth-order valence-corrected chi connectivity index (χ4v) is 4.48. The lowest BCUT2D eigenvalue weighted by atomic mass is 9.93. The van der Waals surface area contributed by atoms with Crippen molar-refractivity contribution in [3.63, 3.8) is 0 Å². The number of fused-ring (bicyclic) bond motifs is 1. The summed E-state index contributed by atoms with van der Waals surface area (Å²) in [4.78, 5) is 31.0. The van der Waals surface area contributed by atoms with Gasteiger partial charge < -0.3 is 15.0 Å². The molecule has 31 heavy (non-hydrogen) atoms. The molecule has 162 valence electrons.